The van der Waals surface area contributed by atoms with Gasteiger partial charge in [-0.2, -0.15) is 11.8 Å². The topological polar surface area (TPSA) is 182 Å². The summed E-state index contributed by atoms with van der Waals surface area (Å²) < 4.78 is 58.7. The zero-order valence-corrected chi connectivity index (χ0v) is 27.3. The molecule has 0 rings (SSSR count). The summed E-state index contributed by atoms with van der Waals surface area (Å²) in [6.07, 6.45) is 0. The highest BCUT2D eigenvalue weighted by atomic mass is 32.2. The van der Waals surface area contributed by atoms with Crippen molar-refractivity contribution in [1.29, 1.82) is 0 Å². The van der Waals surface area contributed by atoms with Crippen molar-refractivity contribution in [1.82, 2.24) is 0 Å². The van der Waals surface area contributed by atoms with Crippen molar-refractivity contribution in [2.24, 2.45) is 0 Å². The molecule has 0 unspecified atom stereocenters. The molecule has 0 aromatic heterocycles. The number of ether oxygens (including phenoxy) is 11. The molecule has 268 valence electrons. The van der Waals surface area contributed by atoms with Gasteiger partial charge in [0.2, 0.25) is 0 Å². The third-order valence-corrected chi connectivity index (χ3v) is 5.61. The third-order valence-electron chi connectivity index (χ3n) is 4.66. The van der Waals surface area contributed by atoms with E-state index in [-0.39, 0.29) is 26.4 Å². The molecule has 0 atom stereocenters. The van der Waals surface area contributed by atoms with Crippen LogP contribution in [0.3, 0.4) is 0 Å². The fraction of sp³-hybridized carbons (Fsp3) is 1.00. The van der Waals surface area contributed by atoms with E-state index in [1.54, 1.807) is 11.8 Å². The minimum absolute atomic E-state index is 0.0253. The lowest BCUT2D eigenvalue weighted by molar-refractivity contribution is -0.0281. The summed E-state index contributed by atoms with van der Waals surface area (Å²) in [5, 5.41) is 33.5. The second-order valence-electron chi connectivity index (χ2n) is 8.24. The SMILES string of the molecule is OCCOCCOCCOCCOCCOCCOCCOCCOCCOCCOCCOCCO.OCCSCCO. The molecule has 0 aliphatic heterocycles. The van der Waals surface area contributed by atoms with Gasteiger partial charge in [0.1, 0.15) is 0 Å². The van der Waals surface area contributed by atoms with Crippen LogP contribution in [-0.4, -0.2) is 204 Å². The first-order valence-corrected chi connectivity index (χ1v) is 16.3. The molecule has 0 aromatic rings. The quantitative estimate of drug-likeness (QED) is 0.0579. The van der Waals surface area contributed by atoms with Gasteiger partial charge in [0.25, 0.3) is 0 Å². The molecule has 16 heteroatoms. The maximum absolute atomic E-state index is 8.55. The number of hydrogen-bond donors (Lipinski definition) is 4. The van der Waals surface area contributed by atoms with Gasteiger partial charge in [0.15, 0.2) is 0 Å². The summed E-state index contributed by atoms with van der Waals surface area (Å²) in [5.41, 5.74) is 0. The Kier molecular flexibility index (Phi) is 49.2. The lowest BCUT2D eigenvalue weighted by Crippen LogP contribution is -2.15. The predicted octanol–water partition coefficient (Wildman–Crippen LogP) is -1.14. The first kappa shape index (κ1) is 45.9. The van der Waals surface area contributed by atoms with Crippen LogP contribution in [0.25, 0.3) is 0 Å². The van der Waals surface area contributed by atoms with Crippen LogP contribution in [0.1, 0.15) is 0 Å². The number of aliphatic hydroxyl groups excluding tert-OH is 4. The fourth-order valence-corrected chi connectivity index (χ4v) is 3.12. The summed E-state index contributed by atoms with van der Waals surface area (Å²) in [7, 11) is 0. The Morgan fingerprint density at radius 2 is 0.386 bits per heavy atom. The highest BCUT2D eigenvalue weighted by Crippen LogP contribution is 1.94. The van der Waals surface area contributed by atoms with Gasteiger partial charge in [0, 0.05) is 11.5 Å². The summed E-state index contributed by atoms with van der Waals surface area (Å²) in [6.45, 7) is 11.1. The van der Waals surface area contributed by atoms with Crippen molar-refractivity contribution in [3.63, 3.8) is 0 Å². The Balaban J connectivity index is 0. The molecule has 0 amide bonds. The van der Waals surface area contributed by atoms with Gasteiger partial charge in [0.05, 0.1) is 172 Å². The van der Waals surface area contributed by atoms with E-state index in [9.17, 15) is 0 Å². The Bertz CT molecular complexity index is 435. The normalized spacial score (nSPS) is 11.2. The zero-order chi connectivity index (χ0) is 32.3. The van der Waals surface area contributed by atoms with E-state index in [0.29, 0.717) is 145 Å². The Hall–Kier alpha value is -0.250. The van der Waals surface area contributed by atoms with Crippen LogP contribution in [0, 0.1) is 0 Å². The summed E-state index contributed by atoms with van der Waals surface area (Å²) in [5.74, 6) is 1.47. The Labute approximate surface area is 267 Å². The second-order valence-corrected chi connectivity index (χ2v) is 9.47. The van der Waals surface area contributed by atoms with Crippen molar-refractivity contribution in [2.75, 3.05) is 183 Å². The van der Waals surface area contributed by atoms with Crippen molar-refractivity contribution in [3.8, 4) is 0 Å². The van der Waals surface area contributed by atoms with Crippen molar-refractivity contribution in [3.05, 3.63) is 0 Å². The number of rotatable bonds is 38. The molecule has 15 nitrogen and oxygen atoms in total. The van der Waals surface area contributed by atoms with Gasteiger partial charge < -0.3 is 72.5 Å². The molecular weight excluding hydrogens is 608 g/mol. The minimum Gasteiger partial charge on any atom is -0.396 e. The molecule has 0 saturated heterocycles. The largest absolute Gasteiger partial charge is 0.396 e. The Morgan fingerprint density at radius 1 is 0.227 bits per heavy atom. The molecule has 0 fully saturated rings. The van der Waals surface area contributed by atoms with Crippen molar-refractivity contribution >= 4 is 11.8 Å². The van der Waals surface area contributed by atoms with Gasteiger partial charge in [-0.05, 0) is 0 Å². The molecule has 0 aromatic carbocycles. The fourth-order valence-electron chi connectivity index (χ4n) is 2.66. The van der Waals surface area contributed by atoms with E-state index in [2.05, 4.69) is 0 Å². The highest BCUT2D eigenvalue weighted by Gasteiger charge is 1.96. The molecule has 0 heterocycles. The van der Waals surface area contributed by atoms with Gasteiger partial charge in [-0.15, -0.1) is 0 Å². The molecule has 0 aliphatic rings. The van der Waals surface area contributed by atoms with Crippen LogP contribution in [0.2, 0.25) is 0 Å². The molecule has 0 saturated carbocycles. The molecule has 0 bridgehead atoms. The standard InChI is InChI=1S/C24H50O13.C4H10O2S/c25-1-3-27-5-7-29-9-11-31-13-15-33-17-19-35-21-23-37-24-22-36-20-18-34-16-14-32-12-10-30-8-6-28-4-2-26;5-1-3-7-4-2-6/h25-26H,1-24H2;5-6H,1-4H2. The van der Waals surface area contributed by atoms with Crippen LogP contribution >= 0.6 is 11.8 Å². The number of aliphatic hydroxyl groups is 4. The molecule has 0 radical (unpaired) electrons. The average Bonchev–Trinajstić information content (AvgIpc) is 3.04. The van der Waals surface area contributed by atoms with Crippen LogP contribution in [0.4, 0.5) is 0 Å². The second kappa shape index (κ2) is 47.2. The van der Waals surface area contributed by atoms with Gasteiger partial charge in [-0.25, -0.2) is 0 Å². The van der Waals surface area contributed by atoms with Gasteiger partial charge in [-0.1, -0.05) is 0 Å². The summed E-state index contributed by atoms with van der Waals surface area (Å²) in [6, 6.07) is 0. The third kappa shape index (κ3) is 48.6. The Morgan fingerprint density at radius 3 is 0.523 bits per heavy atom. The van der Waals surface area contributed by atoms with Crippen LogP contribution in [0.5, 0.6) is 0 Å². The molecular formula is C28H60O15S. The molecule has 0 spiro atoms. The maximum atomic E-state index is 8.55. The number of thioether (sulfide) groups is 1. The smallest absolute Gasteiger partial charge is 0.0701 e. The lowest BCUT2D eigenvalue weighted by atomic mass is 10.6. The average molecular weight is 669 g/mol. The van der Waals surface area contributed by atoms with E-state index in [1.165, 1.54) is 0 Å². The van der Waals surface area contributed by atoms with E-state index in [0.717, 1.165) is 11.5 Å². The van der Waals surface area contributed by atoms with Crippen LogP contribution in [0.15, 0.2) is 0 Å². The zero-order valence-electron chi connectivity index (χ0n) is 26.5. The molecule has 44 heavy (non-hydrogen) atoms. The molecule has 4 N–H and O–H groups in total. The van der Waals surface area contributed by atoms with E-state index < -0.39 is 0 Å². The van der Waals surface area contributed by atoms with Gasteiger partial charge >= 0.3 is 0 Å². The van der Waals surface area contributed by atoms with Crippen molar-refractivity contribution < 1.29 is 72.5 Å². The first-order chi connectivity index (χ1) is 21.8. The van der Waals surface area contributed by atoms with Crippen LogP contribution < -0.4 is 0 Å². The van der Waals surface area contributed by atoms with Crippen LogP contribution in [-0.2, 0) is 52.1 Å². The molecule has 0 aliphatic carbocycles. The summed E-state index contributed by atoms with van der Waals surface area (Å²) in [4.78, 5) is 0. The summed E-state index contributed by atoms with van der Waals surface area (Å²) >= 11 is 1.55. The minimum atomic E-state index is 0.0253. The maximum Gasteiger partial charge on any atom is 0.0701 e. The van der Waals surface area contributed by atoms with E-state index in [1.807, 2.05) is 0 Å². The monoisotopic (exact) mass is 668 g/mol. The van der Waals surface area contributed by atoms with Gasteiger partial charge in [-0.3, -0.25) is 0 Å². The number of hydrogen-bond acceptors (Lipinski definition) is 16. The van der Waals surface area contributed by atoms with Crippen molar-refractivity contribution in [2.45, 2.75) is 0 Å². The van der Waals surface area contributed by atoms with E-state index in [4.69, 9.17) is 72.5 Å². The highest BCUT2D eigenvalue weighted by molar-refractivity contribution is 7.99. The van der Waals surface area contributed by atoms with E-state index >= 15 is 0 Å². The lowest BCUT2D eigenvalue weighted by Gasteiger charge is -2.09. The predicted molar refractivity (Wildman–Crippen MR) is 165 cm³/mol. The first-order valence-electron chi connectivity index (χ1n) is 15.2.